The fourth-order valence-corrected chi connectivity index (χ4v) is 2.20. The van der Waals surface area contributed by atoms with Gasteiger partial charge in [-0.25, -0.2) is 0 Å². The number of nitrogens with one attached hydrogen (secondary N) is 1. The van der Waals surface area contributed by atoms with E-state index in [2.05, 4.69) is 19.2 Å². The summed E-state index contributed by atoms with van der Waals surface area (Å²) < 4.78 is 0. The van der Waals surface area contributed by atoms with E-state index >= 15 is 0 Å². The number of nitrogens with zero attached hydrogens (tertiary/aromatic N) is 1. The molecule has 1 aliphatic heterocycles. The Morgan fingerprint density at radius 2 is 2.27 bits per heavy atom. The monoisotopic (exact) mass is 212 g/mol. The maximum Gasteiger partial charge on any atom is 0.219 e. The van der Waals surface area contributed by atoms with Gasteiger partial charge in [0.25, 0.3) is 0 Å². The van der Waals surface area contributed by atoms with Gasteiger partial charge in [0.05, 0.1) is 0 Å². The average Bonchev–Trinajstić information content (AvgIpc) is 2.17. The first-order chi connectivity index (χ1) is 7.11. The molecule has 1 saturated heterocycles. The fourth-order valence-electron chi connectivity index (χ4n) is 2.20. The van der Waals surface area contributed by atoms with Crippen molar-refractivity contribution in [3.8, 4) is 0 Å². The Kier molecular flexibility index (Phi) is 5.09. The Morgan fingerprint density at radius 3 is 2.87 bits per heavy atom. The predicted molar refractivity (Wildman–Crippen MR) is 62.7 cm³/mol. The number of carbonyl (C=O) groups is 1. The SMILES string of the molecule is CC(=O)N1CCNCC1CCCC(C)C. The molecular formula is C12H24N2O. The van der Waals surface area contributed by atoms with E-state index in [4.69, 9.17) is 0 Å². The molecule has 1 amide bonds. The van der Waals surface area contributed by atoms with Gasteiger partial charge >= 0.3 is 0 Å². The minimum atomic E-state index is 0.228. The first-order valence-corrected chi connectivity index (χ1v) is 6.09. The summed E-state index contributed by atoms with van der Waals surface area (Å²) in [4.78, 5) is 13.4. The van der Waals surface area contributed by atoms with Crippen molar-refractivity contribution in [1.82, 2.24) is 10.2 Å². The standard InChI is InChI=1S/C12H24N2O/c1-10(2)5-4-6-12-9-13-7-8-14(12)11(3)15/h10,12-13H,4-9H2,1-3H3. The first kappa shape index (κ1) is 12.5. The quantitative estimate of drug-likeness (QED) is 0.768. The predicted octanol–water partition coefficient (Wildman–Crippen LogP) is 1.63. The van der Waals surface area contributed by atoms with Crippen molar-refractivity contribution in [2.75, 3.05) is 19.6 Å². The van der Waals surface area contributed by atoms with E-state index in [-0.39, 0.29) is 5.91 Å². The van der Waals surface area contributed by atoms with Gasteiger partial charge in [-0.1, -0.05) is 26.7 Å². The molecule has 1 rings (SSSR count). The van der Waals surface area contributed by atoms with Crippen LogP contribution in [0.25, 0.3) is 0 Å². The lowest BCUT2D eigenvalue weighted by molar-refractivity contribution is -0.132. The molecule has 0 radical (unpaired) electrons. The molecule has 0 aliphatic carbocycles. The Bertz CT molecular complexity index is 204. The van der Waals surface area contributed by atoms with E-state index in [1.807, 2.05) is 4.90 Å². The molecule has 88 valence electrons. The Labute approximate surface area is 93.2 Å². The van der Waals surface area contributed by atoms with Crippen LogP contribution in [0.4, 0.5) is 0 Å². The van der Waals surface area contributed by atoms with Gasteiger partial charge in [0.1, 0.15) is 0 Å². The third-order valence-electron chi connectivity index (χ3n) is 3.07. The summed E-state index contributed by atoms with van der Waals surface area (Å²) in [6.45, 7) is 8.98. The van der Waals surface area contributed by atoms with Gasteiger partial charge in [-0.15, -0.1) is 0 Å². The number of rotatable bonds is 4. The summed E-state index contributed by atoms with van der Waals surface area (Å²) in [5.74, 6) is 0.998. The second kappa shape index (κ2) is 6.11. The number of amides is 1. The molecule has 1 atom stereocenters. The molecule has 1 heterocycles. The summed E-state index contributed by atoms with van der Waals surface area (Å²) in [6, 6.07) is 0.426. The molecule has 0 bridgehead atoms. The lowest BCUT2D eigenvalue weighted by atomic mass is 10.0. The van der Waals surface area contributed by atoms with E-state index in [1.54, 1.807) is 6.92 Å². The highest BCUT2D eigenvalue weighted by atomic mass is 16.2. The van der Waals surface area contributed by atoms with E-state index < -0.39 is 0 Å². The van der Waals surface area contributed by atoms with E-state index in [0.717, 1.165) is 32.0 Å². The summed E-state index contributed by atoms with van der Waals surface area (Å²) in [7, 11) is 0. The maximum absolute atomic E-state index is 11.4. The van der Waals surface area contributed by atoms with Gasteiger partial charge in [0.15, 0.2) is 0 Å². The van der Waals surface area contributed by atoms with Crippen molar-refractivity contribution in [2.45, 2.75) is 46.1 Å². The van der Waals surface area contributed by atoms with Gasteiger partial charge in [-0.05, 0) is 12.3 Å². The number of carbonyl (C=O) groups excluding carboxylic acids is 1. The summed E-state index contributed by atoms with van der Waals surface area (Å²) in [5, 5.41) is 3.36. The van der Waals surface area contributed by atoms with Crippen LogP contribution in [-0.4, -0.2) is 36.5 Å². The molecule has 15 heavy (non-hydrogen) atoms. The van der Waals surface area contributed by atoms with Crippen LogP contribution in [0.2, 0.25) is 0 Å². The molecule has 3 heteroatoms. The van der Waals surface area contributed by atoms with Gasteiger partial charge in [0, 0.05) is 32.6 Å². The fraction of sp³-hybridized carbons (Fsp3) is 0.917. The maximum atomic E-state index is 11.4. The number of hydrogen-bond acceptors (Lipinski definition) is 2. The molecule has 1 aliphatic rings. The van der Waals surface area contributed by atoms with Gasteiger partial charge in [0.2, 0.25) is 5.91 Å². The van der Waals surface area contributed by atoms with Crippen LogP contribution < -0.4 is 5.32 Å². The summed E-state index contributed by atoms with van der Waals surface area (Å²) >= 11 is 0. The molecule has 1 N–H and O–H groups in total. The van der Waals surface area contributed by atoms with Crippen molar-refractivity contribution in [3.05, 3.63) is 0 Å². The zero-order valence-corrected chi connectivity index (χ0v) is 10.3. The van der Waals surface area contributed by atoms with Crippen LogP contribution in [0.15, 0.2) is 0 Å². The third kappa shape index (κ3) is 4.20. The molecule has 3 nitrogen and oxygen atoms in total. The molecule has 0 saturated carbocycles. The van der Waals surface area contributed by atoms with Crippen LogP contribution in [0.5, 0.6) is 0 Å². The zero-order chi connectivity index (χ0) is 11.3. The van der Waals surface area contributed by atoms with Crippen LogP contribution in [-0.2, 0) is 4.79 Å². The number of piperazine rings is 1. The molecular weight excluding hydrogens is 188 g/mol. The highest BCUT2D eigenvalue weighted by molar-refractivity contribution is 5.73. The lowest BCUT2D eigenvalue weighted by Gasteiger charge is -2.35. The van der Waals surface area contributed by atoms with Crippen molar-refractivity contribution in [2.24, 2.45) is 5.92 Å². The van der Waals surface area contributed by atoms with Crippen LogP contribution in [0.3, 0.4) is 0 Å². The highest BCUT2D eigenvalue weighted by Crippen LogP contribution is 2.14. The minimum absolute atomic E-state index is 0.228. The van der Waals surface area contributed by atoms with E-state index in [1.165, 1.54) is 12.8 Å². The second-order valence-electron chi connectivity index (χ2n) is 4.90. The van der Waals surface area contributed by atoms with Crippen molar-refractivity contribution >= 4 is 5.91 Å². The Balaban J connectivity index is 2.33. The molecule has 1 unspecified atom stereocenters. The normalized spacial score (nSPS) is 22.1. The summed E-state index contributed by atoms with van der Waals surface area (Å²) in [5.41, 5.74) is 0. The van der Waals surface area contributed by atoms with Crippen molar-refractivity contribution in [1.29, 1.82) is 0 Å². The largest absolute Gasteiger partial charge is 0.337 e. The zero-order valence-electron chi connectivity index (χ0n) is 10.3. The van der Waals surface area contributed by atoms with Crippen molar-refractivity contribution < 1.29 is 4.79 Å². The minimum Gasteiger partial charge on any atom is -0.337 e. The third-order valence-corrected chi connectivity index (χ3v) is 3.07. The smallest absolute Gasteiger partial charge is 0.219 e. The highest BCUT2D eigenvalue weighted by Gasteiger charge is 2.23. The molecule has 0 aromatic rings. The van der Waals surface area contributed by atoms with Crippen molar-refractivity contribution in [3.63, 3.8) is 0 Å². The van der Waals surface area contributed by atoms with Gasteiger partial charge in [-0.3, -0.25) is 4.79 Å². The van der Waals surface area contributed by atoms with E-state index in [9.17, 15) is 4.79 Å². The molecule has 0 aromatic carbocycles. The van der Waals surface area contributed by atoms with Gasteiger partial charge < -0.3 is 10.2 Å². The summed E-state index contributed by atoms with van der Waals surface area (Å²) in [6.07, 6.45) is 3.64. The topological polar surface area (TPSA) is 32.3 Å². The average molecular weight is 212 g/mol. The second-order valence-corrected chi connectivity index (χ2v) is 4.90. The molecule has 0 aromatic heterocycles. The molecule has 1 fully saturated rings. The van der Waals surface area contributed by atoms with Crippen LogP contribution in [0, 0.1) is 5.92 Å². The van der Waals surface area contributed by atoms with Crippen LogP contribution in [0.1, 0.15) is 40.0 Å². The Morgan fingerprint density at radius 1 is 1.53 bits per heavy atom. The van der Waals surface area contributed by atoms with Crippen LogP contribution >= 0.6 is 0 Å². The lowest BCUT2D eigenvalue weighted by Crippen LogP contribution is -2.52. The van der Waals surface area contributed by atoms with E-state index in [0.29, 0.717) is 6.04 Å². The van der Waals surface area contributed by atoms with Gasteiger partial charge in [-0.2, -0.15) is 0 Å². The molecule has 0 spiro atoms. The Hall–Kier alpha value is -0.570. The number of hydrogen-bond donors (Lipinski definition) is 1. The first-order valence-electron chi connectivity index (χ1n) is 6.09.